The minimum atomic E-state index is -0.713. The normalized spacial score (nSPS) is 13.4. The van der Waals surface area contributed by atoms with E-state index in [1.807, 2.05) is 36.5 Å². The fourth-order valence-electron chi connectivity index (χ4n) is 1.92. The summed E-state index contributed by atoms with van der Waals surface area (Å²) >= 11 is 0. The zero-order chi connectivity index (χ0) is 14.6. The maximum absolute atomic E-state index is 10.1. The molecule has 1 heterocycles. The lowest BCUT2D eigenvalue weighted by atomic mass is 10.1. The SMILES string of the molecule is CC(C)(O)CCn1cc(CC(O)c2ccccc2)nn1. The van der Waals surface area contributed by atoms with Crippen molar-refractivity contribution in [3.05, 3.63) is 47.8 Å². The van der Waals surface area contributed by atoms with E-state index in [9.17, 15) is 10.2 Å². The number of aliphatic hydroxyl groups is 2. The van der Waals surface area contributed by atoms with Crippen LogP contribution in [0, 0.1) is 0 Å². The summed E-state index contributed by atoms with van der Waals surface area (Å²) in [6, 6.07) is 9.51. The molecule has 5 nitrogen and oxygen atoms in total. The fourth-order valence-corrected chi connectivity index (χ4v) is 1.92. The summed E-state index contributed by atoms with van der Waals surface area (Å²) in [5, 5.41) is 27.9. The molecule has 0 saturated heterocycles. The maximum Gasteiger partial charge on any atom is 0.0856 e. The number of hydrogen-bond donors (Lipinski definition) is 2. The van der Waals surface area contributed by atoms with Crippen LogP contribution in [0.2, 0.25) is 0 Å². The van der Waals surface area contributed by atoms with Gasteiger partial charge in [0, 0.05) is 19.2 Å². The van der Waals surface area contributed by atoms with Crippen molar-refractivity contribution in [2.75, 3.05) is 0 Å². The Balaban J connectivity index is 1.93. The highest BCUT2D eigenvalue weighted by Crippen LogP contribution is 2.16. The third-order valence-corrected chi connectivity index (χ3v) is 3.13. The van der Waals surface area contributed by atoms with E-state index in [1.165, 1.54) is 0 Å². The lowest BCUT2D eigenvalue weighted by Gasteiger charge is -2.15. The first-order valence-electron chi connectivity index (χ1n) is 6.78. The minimum absolute atomic E-state index is 0.437. The van der Waals surface area contributed by atoms with E-state index in [4.69, 9.17) is 0 Å². The molecule has 108 valence electrons. The van der Waals surface area contributed by atoms with Crippen LogP contribution in [0.5, 0.6) is 0 Å². The van der Waals surface area contributed by atoms with E-state index >= 15 is 0 Å². The van der Waals surface area contributed by atoms with Gasteiger partial charge in [-0.3, -0.25) is 4.68 Å². The lowest BCUT2D eigenvalue weighted by molar-refractivity contribution is 0.0649. The van der Waals surface area contributed by atoms with Crippen LogP contribution in [0.25, 0.3) is 0 Å². The molecular weight excluding hydrogens is 254 g/mol. The summed E-state index contributed by atoms with van der Waals surface area (Å²) in [5.41, 5.74) is 0.908. The van der Waals surface area contributed by atoms with Crippen LogP contribution < -0.4 is 0 Å². The first kappa shape index (κ1) is 14.7. The molecule has 1 unspecified atom stereocenters. The molecule has 0 aliphatic heterocycles. The van der Waals surface area contributed by atoms with Gasteiger partial charge in [-0.05, 0) is 25.8 Å². The zero-order valence-electron chi connectivity index (χ0n) is 11.9. The number of aryl methyl sites for hydroxylation is 1. The maximum atomic E-state index is 10.1. The van der Waals surface area contributed by atoms with Gasteiger partial charge in [0.2, 0.25) is 0 Å². The van der Waals surface area contributed by atoms with Crippen molar-refractivity contribution < 1.29 is 10.2 Å². The van der Waals surface area contributed by atoms with Gasteiger partial charge in [-0.2, -0.15) is 0 Å². The third-order valence-electron chi connectivity index (χ3n) is 3.13. The van der Waals surface area contributed by atoms with E-state index in [0.717, 1.165) is 11.3 Å². The monoisotopic (exact) mass is 275 g/mol. The van der Waals surface area contributed by atoms with Gasteiger partial charge in [0.15, 0.2) is 0 Å². The molecule has 0 spiro atoms. The van der Waals surface area contributed by atoms with E-state index in [2.05, 4.69) is 10.3 Å². The van der Waals surface area contributed by atoms with Crippen molar-refractivity contribution in [3.8, 4) is 0 Å². The number of nitrogens with zero attached hydrogens (tertiary/aromatic N) is 3. The highest BCUT2D eigenvalue weighted by atomic mass is 16.3. The quantitative estimate of drug-likeness (QED) is 0.842. The first-order valence-corrected chi connectivity index (χ1v) is 6.78. The highest BCUT2D eigenvalue weighted by Gasteiger charge is 2.14. The van der Waals surface area contributed by atoms with Gasteiger partial charge < -0.3 is 10.2 Å². The predicted octanol–water partition coefficient (Wildman–Crippen LogP) is 1.72. The van der Waals surface area contributed by atoms with Crippen LogP contribution in [0.15, 0.2) is 36.5 Å². The van der Waals surface area contributed by atoms with E-state index in [0.29, 0.717) is 19.4 Å². The van der Waals surface area contributed by atoms with Crippen molar-refractivity contribution in [2.24, 2.45) is 0 Å². The second-order valence-electron chi connectivity index (χ2n) is 5.67. The first-order chi connectivity index (χ1) is 9.44. The molecule has 0 radical (unpaired) electrons. The van der Waals surface area contributed by atoms with Crippen LogP contribution in [0.3, 0.4) is 0 Å². The van der Waals surface area contributed by atoms with Crippen molar-refractivity contribution in [2.45, 2.75) is 44.9 Å². The molecule has 0 bridgehead atoms. The van der Waals surface area contributed by atoms with Crippen molar-refractivity contribution in [1.29, 1.82) is 0 Å². The number of aliphatic hydroxyl groups excluding tert-OH is 1. The van der Waals surface area contributed by atoms with Gasteiger partial charge >= 0.3 is 0 Å². The van der Waals surface area contributed by atoms with Gasteiger partial charge in [-0.15, -0.1) is 5.10 Å². The predicted molar refractivity (Wildman–Crippen MR) is 76.0 cm³/mol. The van der Waals surface area contributed by atoms with E-state index in [1.54, 1.807) is 18.5 Å². The standard InChI is InChI=1S/C15H21N3O2/c1-15(2,20)8-9-18-11-13(16-17-18)10-14(19)12-6-4-3-5-7-12/h3-7,11,14,19-20H,8-10H2,1-2H3. The van der Waals surface area contributed by atoms with Crippen molar-refractivity contribution >= 4 is 0 Å². The molecule has 0 amide bonds. The lowest BCUT2D eigenvalue weighted by Crippen LogP contribution is -2.21. The Labute approximate surface area is 118 Å². The third kappa shape index (κ3) is 4.43. The molecule has 2 aromatic rings. The molecule has 5 heteroatoms. The molecular formula is C15H21N3O2. The summed E-state index contributed by atoms with van der Waals surface area (Å²) in [6.45, 7) is 4.14. The average Bonchev–Trinajstić information content (AvgIpc) is 2.84. The number of benzene rings is 1. The number of rotatable bonds is 6. The molecule has 20 heavy (non-hydrogen) atoms. The van der Waals surface area contributed by atoms with Gasteiger partial charge in [-0.25, -0.2) is 0 Å². The fraction of sp³-hybridized carbons (Fsp3) is 0.467. The Bertz CT molecular complexity index is 532. The van der Waals surface area contributed by atoms with Crippen molar-refractivity contribution in [1.82, 2.24) is 15.0 Å². The Morgan fingerprint density at radius 1 is 1.25 bits per heavy atom. The Hall–Kier alpha value is -1.72. The van der Waals surface area contributed by atoms with Gasteiger partial charge in [-0.1, -0.05) is 35.5 Å². The van der Waals surface area contributed by atoms with Gasteiger partial charge in [0.1, 0.15) is 0 Å². The zero-order valence-corrected chi connectivity index (χ0v) is 11.9. The van der Waals surface area contributed by atoms with Crippen LogP contribution in [0.1, 0.15) is 37.6 Å². The Kier molecular flexibility index (Phi) is 4.52. The van der Waals surface area contributed by atoms with E-state index in [-0.39, 0.29) is 0 Å². The minimum Gasteiger partial charge on any atom is -0.390 e. The second-order valence-corrected chi connectivity index (χ2v) is 5.67. The molecule has 0 aliphatic rings. The Morgan fingerprint density at radius 3 is 2.60 bits per heavy atom. The molecule has 0 fully saturated rings. The Morgan fingerprint density at radius 2 is 1.95 bits per heavy atom. The molecule has 2 N–H and O–H groups in total. The topological polar surface area (TPSA) is 71.2 Å². The highest BCUT2D eigenvalue weighted by molar-refractivity contribution is 5.18. The summed E-state index contributed by atoms with van der Waals surface area (Å²) in [7, 11) is 0. The molecule has 1 aromatic heterocycles. The summed E-state index contributed by atoms with van der Waals surface area (Å²) in [6.07, 6.45) is 2.29. The van der Waals surface area contributed by atoms with Crippen molar-refractivity contribution in [3.63, 3.8) is 0 Å². The van der Waals surface area contributed by atoms with Crippen LogP contribution >= 0.6 is 0 Å². The molecule has 1 aromatic carbocycles. The smallest absolute Gasteiger partial charge is 0.0856 e. The molecule has 0 saturated carbocycles. The largest absolute Gasteiger partial charge is 0.390 e. The molecule has 1 atom stereocenters. The van der Waals surface area contributed by atoms with Crippen LogP contribution in [-0.4, -0.2) is 30.8 Å². The molecule has 0 aliphatic carbocycles. The summed E-state index contributed by atoms with van der Waals surface area (Å²) in [4.78, 5) is 0. The second kappa shape index (κ2) is 6.15. The number of aromatic nitrogens is 3. The number of hydrogen-bond acceptors (Lipinski definition) is 4. The molecule has 2 rings (SSSR count). The average molecular weight is 275 g/mol. The summed E-state index contributed by atoms with van der Waals surface area (Å²) < 4.78 is 1.70. The van der Waals surface area contributed by atoms with Crippen LogP contribution in [0.4, 0.5) is 0 Å². The van der Waals surface area contributed by atoms with Crippen LogP contribution in [-0.2, 0) is 13.0 Å². The van der Waals surface area contributed by atoms with E-state index < -0.39 is 11.7 Å². The van der Waals surface area contributed by atoms with Gasteiger partial charge in [0.05, 0.1) is 17.4 Å². The van der Waals surface area contributed by atoms with Gasteiger partial charge in [0.25, 0.3) is 0 Å². The summed E-state index contributed by atoms with van der Waals surface area (Å²) in [5.74, 6) is 0.